The number of halogens is 1. The zero-order valence-electron chi connectivity index (χ0n) is 12.0. The first kappa shape index (κ1) is 13.9. The summed E-state index contributed by atoms with van der Waals surface area (Å²) in [5, 5.41) is 3.23. The lowest BCUT2D eigenvalue weighted by atomic mass is 9.99. The Hall–Kier alpha value is -2.07. The number of nitrogens with one attached hydrogen (secondary N) is 1. The topological polar surface area (TPSA) is 30.5 Å². The van der Waals surface area contributed by atoms with E-state index in [1.165, 1.54) is 7.11 Å². The number of methoxy groups -OCH3 is 1. The molecule has 4 heteroatoms. The van der Waals surface area contributed by atoms with Gasteiger partial charge in [0.2, 0.25) is 0 Å². The Morgan fingerprint density at radius 2 is 2.05 bits per heavy atom. The molecule has 0 spiro atoms. The molecule has 2 aromatic carbocycles. The first-order valence-electron chi connectivity index (χ1n) is 7.05. The standard InChI is InChI=1S/C17H18FNO2/c1-20-15-9-13-10-19-8-7-14(13)16(18)17(15)21-11-12-5-3-2-4-6-12/h2-6,9,19H,7-8,10-11H2,1H3. The van der Waals surface area contributed by atoms with E-state index in [-0.39, 0.29) is 11.6 Å². The average molecular weight is 287 g/mol. The van der Waals surface area contributed by atoms with Gasteiger partial charge in [-0.25, -0.2) is 4.39 Å². The van der Waals surface area contributed by atoms with Crippen LogP contribution < -0.4 is 14.8 Å². The van der Waals surface area contributed by atoms with E-state index in [1.807, 2.05) is 36.4 Å². The van der Waals surface area contributed by atoms with Gasteiger partial charge in [0, 0.05) is 6.54 Å². The summed E-state index contributed by atoms with van der Waals surface area (Å²) in [7, 11) is 1.53. The highest BCUT2D eigenvalue weighted by Crippen LogP contribution is 2.36. The predicted octanol–water partition coefficient (Wildman–Crippen LogP) is 3.06. The lowest BCUT2D eigenvalue weighted by Gasteiger charge is -2.21. The van der Waals surface area contributed by atoms with Gasteiger partial charge in [0.25, 0.3) is 0 Å². The molecule has 1 heterocycles. The van der Waals surface area contributed by atoms with Gasteiger partial charge in [-0.3, -0.25) is 0 Å². The minimum absolute atomic E-state index is 0.210. The van der Waals surface area contributed by atoms with Crippen LogP contribution >= 0.6 is 0 Å². The molecule has 1 aliphatic rings. The van der Waals surface area contributed by atoms with Crippen LogP contribution in [0.5, 0.6) is 11.5 Å². The number of ether oxygens (including phenoxy) is 2. The number of hydrogen-bond donors (Lipinski definition) is 1. The van der Waals surface area contributed by atoms with E-state index in [9.17, 15) is 4.39 Å². The van der Waals surface area contributed by atoms with Crippen molar-refractivity contribution in [3.8, 4) is 11.5 Å². The van der Waals surface area contributed by atoms with Crippen molar-refractivity contribution in [2.45, 2.75) is 19.6 Å². The van der Waals surface area contributed by atoms with Crippen molar-refractivity contribution in [3.63, 3.8) is 0 Å². The van der Waals surface area contributed by atoms with E-state index in [4.69, 9.17) is 9.47 Å². The fourth-order valence-electron chi connectivity index (χ4n) is 2.58. The first-order chi connectivity index (χ1) is 10.3. The largest absolute Gasteiger partial charge is 0.493 e. The Balaban J connectivity index is 1.90. The van der Waals surface area contributed by atoms with Crippen LogP contribution in [0.15, 0.2) is 36.4 Å². The second-order valence-corrected chi connectivity index (χ2v) is 5.06. The van der Waals surface area contributed by atoms with Gasteiger partial charge in [-0.15, -0.1) is 0 Å². The highest BCUT2D eigenvalue weighted by molar-refractivity contribution is 5.49. The molecule has 1 aliphatic heterocycles. The number of rotatable bonds is 4. The number of fused-ring (bicyclic) bond motifs is 1. The normalized spacial score (nSPS) is 13.6. The number of hydrogen-bond acceptors (Lipinski definition) is 3. The van der Waals surface area contributed by atoms with Gasteiger partial charge in [-0.2, -0.15) is 0 Å². The Kier molecular flexibility index (Phi) is 4.06. The molecule has 0 amide bonds. The Bertz CT molecular complexity index is 628. The molecule has 3 nitrogen and oxygen atoms in total. The van der Waals surface area contributed by atoms with Crippen molar-refractivity contribution < 1.29 is 13.9 Å². The van der Waals surface area contributed by atoms with Gasteiger partial charge >= 0.3 is 0 Å². The molecule has 0 atom stereocenters. The van der Waals surface area contributed by atoms with Crippen molar-refractivity contribution in [1.82, 2.24) is 5.32 Å². The second kappa shape index (κ2) is 6.14. The minimum atomic E-state index is -0.290. The third kappa shape index (κ3) is 2.85. The molecule has 0 saturated heterocycles. The van der Waals surface area contributed by atoms with Gasteiger partial charge in [-0.1, -0.05) is 30.3 Å². The summed E-state index contributed by atoms with van der Waals surface area (Å²) < 4.78 is 25.7. The second-order valence-electron chi connectivity index (χ2n) is 5.06. The van der Waals surface area contributed by atoms with E-state index in [0.717, 1.165) is 23.2 Å². The summed E-state index contributed by atoms with van der Waals surface area (Å²) in [4.78, 5) is 0. The van der Waals surface area contributed by atoms with Crippen LogP contribution in [-0.4, -0.2) is 13.7 Å². The monoisotopic (exact) mass is 287 g/mol. The van der Waals surface area contributed by atoms with Gasteiger partial charge < -0.3 is 14.8 Å². The summed E-state index contributed by atoms with van der Waals surface area (Å²) in [5.74, 6) is 0.370. The highest BCUT2D eigenvalue weighted by atomic mass is 19.1. The summed E-state index contributed by atoms with van der Waals surface area (Å²) in [5.41, 5.74) is 2.68. The van der Waals surface area contributed by atoms with Crippen LogP contribution in [0.2, 0.25) is 0 Å². The maximum atomic E-state index is 14.7. The molecule has 0 fully saturated rings. The van der Waals surface area contributed by atoms with E-state index in [1.54, 1.807) is 0 Å². The molecule has 21 heavy (non-hydrogen) atoms. The average Bonchev–Trinajstić information content (AvgIpc) is 2.55. The molecular weight excluding hydrogens is 269 g/mol. The van der Waals surface area contributed by atoms with E-state index in [2.05, 4.69) is 5.32 Å². The Morgan fingerprint density at radius 1 is 1.24 bits per heavy atom. The SMILES string of the molecule is COc1cc2c(c(F)c1OCc1ccccc1)CCNC2. The van der Waals surface area contributed by atoms with Crippen molar-refractivity contribution in [2.75, 3.05) is 13.7 Å². The zero-order valence-corrected chi connectivity index (χ0v) is 12.0. The van der Waals surface area contributed by atoms with Crippen molar-refractivity contribution in [1.29, 1.82) is 0 Å². The summed E-state index contributed by atoms with van der Waals surface area (Å²) in [6.45, 7) is 1.78. The maximum absolute atomic E-state index is 14.7. The maximum Gasteiger partial charge on any atom is 0.197 e. The van der Waals surface area contributed by atoms with Crippen LogP contribution in [0.3, 0.4) is 0 Å². The molecule has 110 valence electrons. The van der Waals surface area contributed by atoms with Crippen molar-refractivity contribution >= 4 is 0 Å². The fourth-order valence-corrected chi connectivity index (χ4v) is 2.58. The molecule has 2 aromatic rings. The molecule has 1 N–H and O–H groups in total. The third-order valence-corrected chi connectivity index (χ3v) is 3.69. The summed E-state index contributed by atoms with van der Waals surface area (Å²) in [6, 6.07) is 11.6. The third-order valence-electron chi connectivity index (χ3n) is 3.69. The van der Waals surface area contributed by atoms with Crippen molar-refractivity contribution in [3.05, 3.63) is 58.9 Å². The zero-order chi connectivity index (χ0) is 14.7. The molecule has 0 aliphatic carbocycles. The number of benzene rings is 2. The van der Waals surface area contributed by atoms with E-state index in [0.29, 0.717) is 25.3 Å². The quantitative estimate of drug-likeness (QED) is 0.937. The van der Waals surface area contributed by atoms with Gasteiger partial charge in [0.1, 0.15) is 6.61 Å². The Labute approximate surface area is 123 Å². The van der Waals surface area contributed by atoms with Gasteiger partial charge in [0.05, 0.1) is 7.11 Å². The lowest BCUT2D eigenvalue weighted by Crippen LogP contribution is -2.25. The molecule has 0 radical (unpaired) electrons. The van der Waals surface area contributed by atoms with Crippen LogP contribution in [-0.2, 0) is 19.6 Å². The molecule has 0 saturated carbocycles. The van der Waals surface area contributed by atoms with Crippen LogP contribution in [0.4, 0.5) is 4.39 Å². The Morgan fingerprint density at radius 3 is 2.81 bits per heavy atom. The molecule has 0 bridgehead atoms. The fraction of sp³-hybridized carbons (Fsp3) is 0.294. The lowest BCUT2D eigenvalue weighted by molar-refractivity contribution is 0.267. The van der Waals surface area contributed by atoms with E-state index >= 15 is 0 Å². The predicted molar refractivity (Wildman–Crippen MR) is 79.1 cm³/mol. The minimum Gasteiger partial charge on any atom is -0.493 e. The highest BCUT2D eigenvalue weighted by Gasteiger charge is 2.22. The molecule has 0 unspecified atom stereocenters. The molecule has 3 rings (SSSR count). The smallest absolute Gasteiger partial charge is 0.197 e. The van der Waals surface area contributed by atoms with Gasteiger partial charge in [-0.05, 0) is 35.7 Å². The summed E-state index contributed by atoms with van der Waals surface area (Å²) in [6.07, 6.45) is 0.673. The first-order valence-corrected chi connectivity index (χ1v) is 7.05. The van der Waals surface area contributed by atoms with Crippen LogP contribution in [0.1, 0.15) is 16.7 Å². The van der Waals surface area contributed by atoms with Gasteiger partial charge in [0.15, 0.2) is 17.3 Å². The van der Waals surface area contributed by atoms with Crippen LogP contribution in [0.25, 0.3) is 0 Å². The molecule has 0 aromatic heterocycles. The van der Waals surface area contributed by atoms with Crippen molar-refractivity contribution in [2.24, 2.45) is 0 Å². The van der Waals surface area contributed by atoms with E-state index < -0.39 is 0 Å². The molecular formula is C17H18FNO2. The van der Waals surface area contributed by atoms with Crippen LogP contribution in [0, 0.1) is 5.82 Å². The summed E-state index contributed by atoms with van der Waals surface area (Å²) >= 11 is 0.